The second-order valence-corrected chi connectivity index (χ2v) is 5.43. The Labute approximate surface area is 115 Å². The van der Waals surface area contributed by atoms with Crippen molar-refractivity contribution < 1.29 is 0 Å². The van der Waals surface area contributed by atoms with Crippen LogP contribution in [0.1, 0.15) is 36.1 Å². The molecule has 0 spiro atoms. The van der Waals surface area contributed by atoms with Gasteiger partial charge in [-0.1, -0.05) is 42.5 Å². The first-order valence-electron chi connectivity index (χ1n) is 7.18. The van der Waals surface area contributed by atoms with Gasteiger partial charge in [-0.15, -0.1) is 0 Å². The third kappa shape index (κ3) is 2.31. The largest absolute Gasteiger partial charge is 0.313 e. The Morgan fingerprint density at radius 1 is 1.00 bits per heavy atom. The molecule has 1 unspecified atom stereocenters. The highest BCUT2D eigenvalue weighted by Gasteiger charge is 2.14. The molecule has 0 fully saturated rings. The van der Waals surface area contributed by atoms with E-state index in [0.717, 1.165) is 0 Å². The Balaban J connectivity index is 2.07. The third-order valence-electron chi connectivity index (χ3n) is 4.27. The van der Waals surface area contributed by atoms with Gasteiger partial charge in [-0.3, -0.25) is 0 Å². The molecule has 1 heteroatoms. The Morgan fingerprint density at radius 3 is 2.63 bits per heavy atom. The van der Waals surface area contributed by atoms with Crippen LogP contribution in [0.2, 0.25) is 0 Å². The lowest BCUT2D eigenvalue weighted by molar-refractivity contribution is 0.654. The number of rotatable bonds is 3. The van der Waals surface area contributed by atoms with E-state index in [9.17, 15) is 0 Å². The van der Waals surface area contributed by atoms with Gasteiger partial charge in [0.2, 0.25) is 0 Å². The van der Waals surface area contributed by atoms with E-state index in [-0.39, 0.29) is 0 Å². The predicted octanol–water partition coefficient (Wildman–Crippen LogP) is 4.12. The highest BCUT2D eigenvalue weighted by atomic mass is 14.9. The van der Waals surface area contributed by atoms with E-state index in [4.69, 9.17) is 0 Å². The molecule has 0 heterocycles. The number of fused-ring (bicyclic) bond motifs is 1. The predicted molar refractivity (Wildman–Crippen MR) is 81.4 cm³/mol. The first-order chi connectivity index (χ1) is 9.29. The van der Waals surface area contributed by atoms with Crippen LogP contribution in [0, 0.1) is 0 Å². The Morgan fingerprint density at radius 2 is 1.79 bits per heavy atom. The fourth-order valence-electron chi connectivity index (χ4n) is 3.03. The lowest BCUT2D eigenvalue weighted by Crippen LogP contribution is -2.13. The molecule has 19 heavy (non-hydrogen) atoms. The zero-order chi connectivity index (χ0) is 13.2. The summed E-state index contributed by atoms with van der Waals surface area (Å²) in [6.45, 7) is 2.21. The third-order valence-corrected chi connectivity index (χ3v) is 4.27. The Hall–Kier alpha value is -1.60. The van der Waals surface area contributed by atoms with Crippen molar-refractivity contribution in [1.82, 2.24) is 5.32 Å². The SMILES string of the molecule is CNC(C)c1ccccc1-c1ccc2c(c1)CCC2. The minimum atomic E-state index is 0.379. The summed E-state index contributed by atoms with van der Waals surface area (Å²) in [5.41, 5.74) is 7.19. The fourth-order valence-corrected chi connectivity index (χ4v) is 3.03. The zero-order valence-corrected chi connectivity index (χ0v) is 11.7. The second kappa shape index (κ2) is 5.18. The van der Waals surface area contributed by atoms with Gasteiger partial charge in [0.25, 0.3) is 0 Å². The minimum Gasteiger partial charge on any atom is -0.313 e. The Bertz CT molecular complexity index is 586. The second-order valence-electron chi connectivity index (χ2n) is 5.43. The molecule has 0 aliphatic heterocycles. The summed E-state index contributed by atoms with van der Waals surface area (Å²) in [6, 6.07) is 16.1. The molecule has 98 valence electrons. The maximum absolute atomic E-state index is 3.34. The molecular weight excluding hydrogens is 230 g/mol. The number of hydrogen-bond acceptors (Lipinski definition) is 1. The molecule has 0 amide bonds. The number of nitrogens with one attached hydrogen (secondary N) is 1. The summed E-state index contributed by atoms with van der Waals surface area (Å²) in [5.74, 6) is 0. The van der Waals surface area contributed by atoms with Crippen molar-refractivity contribution in [2.24, 2.45) is 0 Å². The van der Waals surface area contributed by atoms with Gasteiger partial charge < -0.3 is 5.32 Å². The van der Waals surface area contributed by atoms with Gasteiger partial charge in [-0.2, -0.15) is 0 Å². The van der Waals surface area contributed by atoms with Gasteiger partial charge in [-0.05, 0) is 61.1 Å². The molecule has 1 atom stereocenters. The van der Waals surface area contributed by atoms with Crippen molar-refractivity contribution in [2.75, 3.05) is 7.05 Å². The summed E-state index contributed by atoms with van der Waals surface area (Å²) in [6.07, 6.45) is 3.81. The molecule has 0 saturated carbocycles. The van der Waals surface area contributed by atoms with Crippen LogP contribution in [0.4, 0.5) is 0 Å². The molecule has 0 aromatic heterocycles. The van der Waals surface area contributed by atoms with E-state index in [1.54, 1.807) is 11.1 Å². The van der Waals surface area contributed by atoms with Gasteiger partial charge in [0.05, 0.1) is 0 Å². The van der Waals surface area contributed by atoms with E-state index in [2.05, 4.69) is 54.7 Å². The Kier molecular flexibility index (Phi) is 3.39. The van der Waals surface area contributed by atoms with Gasteiger partial charge >= 0.3 is 0 Å². The highest BCUT2D eigenvalue weighted by Crippen LogP contribution is 2.32. The molecule has 2 aromatic rings. The molecule has 3 rings (SSSR count). The van der Waals surface area contributed by atoms with Crippen molar-refractivity contribution in [3.8, 4) is 11.1 Å². The molecule has 2 aromatic carbocycles. The summed E-state index contributed by atoms with van der Waals surface area (Å²) in [4.78, 5) is 0. The van der Waals surface area contributed by atoms with Crippen LogP contribution in [-0.4, -0.2) is 7.05 Å². The summed E-state index contributed by atoms with van der Waals surface area (Å²) < 4.78 is 0. The quantitative estimate of drug-likeness (QED) is 0.865. The van der Waals surface area contributed by atoms with E-state index in [1.807, 2.05) is 7.05 Å². The lowest BCUT2D eigenvalue weighted by Gasteiger charge is -2.16. The van der Waals surface area contributed by atoms with Crippen molar-refractivity contribution in [3.63, 3.8) is 0 Å². The van der Waals surface area contributed by atoms with Crippen LogP contribution in [0.5, 0.6) is 0 Å². The van der Waals surface area contributed by atoms with Crippen LogP contribution in [0.25, 0.3) is 11.1 Å². The molecule has 1 aliphatic carbocycles. The lowest BCUT2D eigenvalue weighted by atomic mass is 9.93. The highest BCUT2D eigenvalue weighted by molar-refractivity contribution is 5.69. The van der Waals surface area contributed by atoms with Crippen molar-refractivity contribution in [1.29, 1.82) is 0 Å². The molecule has 1 aliphatic rings. The first-order valence-corrected chi connectivity index (χ1v) is 7.18. The van der Waals surface area contributed by atoms with E-state index >= 15 is 0 Å². The average molecular weight is 251 g/mol. The standard InChI is InChI=1S/C18H21N/c1-13(19-2)17-8-3-4-9-18(17)16-11-10-14-6-5-7-15(14)12-16/h3-4,8-13,19H,5-7H2,1-2H3. The van der Waals surface area contributed by atoms with E-state index in [1.165, 1.54) is 36.0 Å². The van der Waals surface area contributed by atoms with Crippen molar-refractivity contribution in [3.05, 3.63) is 59.2 Å². The van der Waals surface area contributed by atoms with Crippen LogP contribution in [-0.2, 0) is 12.8 Å². The molecular formula is C18H21N. The number of benzene rings is 2. The fraction of sp³-hybridized carbons (Fsp3) is 0.333. The minimum absolute atomic E-state index is 0.379. The van der Waals surface area contributed by atoms with Crippen molar-refractivity contribution >= 4 is 0 Å². The number of hydrogen-bond donors (Lipinski definition) is 1. The molecule has 0 saturated heterocycles. The normalized spacial score (nSPS) is 15.3. The van der Waals surface area contributed by atoms with Crippen LogP contribution in [0.3, 0.4) is 0 Å². The molecule has 0 bridgehead atoms. The van der Waals surface area contributed by atoms with Crippen LogP contribution >= 0.6 is 0 Å². The zero-order valence-electron chi connectivity index (χ0n) is 11.7. The summed E-state index contributed by atoms with van der Waals surface area (Å²) in [7, 11) is 2.02. The monoisotopic (exact) mass is 251 g/mol. The van der Waals surface area contributed by atoms with Crippen LogP contribution in [0.15, 0.2) is 42.5 Å². The van der Waals surface area contributed by atoms with E-state index < -0.39 is 0 Å². The van der Waals surface area contributed by atoms with Gasteiger partial charge in [0, 0.05) is 6.04 Å². The summed E-state index contributed by atoms with van der Waals surface area (Å²) >= 11 is 0. The molecule has 1 N–H and O–H groups in total. The molecule has 0 radical (unpaired) electrons. The first kappa shape index (κ1) is 12.4. The average Bonchev–Trinajstić information content (AvgIpc) is 2.93. The summed E-state index contributed by atoms with van der Waals surface area (Å²) in [5, 5.41) is 3.34. The smallest absolute Gasteiger partial charge is 0.0295 e. The van der Waals surface area contributed by atoms with Gasteiger partial charge in [-0.25, -0.2) is 0 Å². The van der Waals surface area contributed by atoms with Crippen LogP contribution < -0.4 is 5.32 Å². The van der Waals surface area contributed by atoms with Gasteiger partial charge in [0.15, 0.2) is 0 Å². The van der Waals surface area contributed by atoms with Crippen molar-refractivity contribution in [2.45, 2.75) is 32.2 Å². The maximum atomic E-state index is 3.34. The van der Waals surface area contributed by atoms with E-state index in [0.29, 0.717) is 6.04 Å². The maximum Gasteiger partial charge on any atom is 0.0295 e. The van der Waals surface area contributed by atoms with Gasteiger partial charge in [0.1, 0.15) is 0 Å². The topological polar surface area (TPSA) is 12.0 Å². The number of aryl methyl sites for hydroxylation is 2. The molecule has 1 nitrogen and oxygen atoms in total.